The van der Waals surface area contributed by atoms with Crippen LogP contribution in [-0.4, -0.2) is 52.1 Å². The monoisotopic (exact) mass is 513 g/mol. The highest BCUT2D eigenvalue weighted by atomic mass is 16.5. The summed E-state index contributed by atoms with van der Waals surface area (Å²) in [5.74, 6) is -2.51. The number of ether oxygens (including phenoxy) is 2. The van der Waals surface area contributed by atoms with Crippen molar-refractivity contribution < 1.29 is 34.1 Å². The molecule has 10 heteroatoms. The molecule has 5 rings (SSSR count). The summed E-state index contributed by atoms with van der Waals surface area (Å²) >= 11 is 0. The highest BCUT2D eigenvalue weighted by molar-refractivity contribution is 6.51. The van der Waals surface area contributed by atoms with E-state index >= 15 is 0 Å². The first kappa shape index (κ1) is 24.6. The number of hydrogen-bond donors (Lipinski definition) is 3. The number of carboxylic acid groups (broad SMARTS) is 1. The molecule has 10 nitrogen and oxygen atoms in total. The molecule has 0 bridgehead atoms. The number of benzene rings is 3. The van der Waals surface area contributed by atoms with Gasteiger partial charge < -0.3 is 24.7 Å². The number of imidazole rings is 1. The van der Waals surface area contributed by atoms with Gasteiger partial charge in [0.25, 0.3) is 5.78 Å². The lowest BCUT2D eigenvalue weighted by Gasteiger charge is -2.23. The third-order valence-corrected chi connectivity index (χ3v) is 6.41. The summed E-state index contributed by atoms with van der Waals surface area (Å²) in [6.45, 7) is 1.83. The molecule has 1 atom stereocenters. The maximum absolute atomic E-state index is 13.5. The Bertz CT molecular complexity index is 1650. The minimum absolute atomic E-state index is 0.0210. The van der Waals surface area contributed by atoms with E-state index < -0.39 is 29.5 Å². The smallest absolute Gasteiger partial charge is 0.335 e. The number of H-pyrrole nitrogens is 1. The van der Waals surface area contributed by atoms with Crippen LogP contribution in [0.3, 0.4) is 0 Å². The molecule has 1 aromatic heterocycles. The van der Waals surface area contributed by atoms with Gasteiger partial charge in [-0.3, -0.25) is 14.5 Å². The normalized spacial score (nSPS) is 16.7. The van der Waals surface area contributed by atoms with Gasteiger partial charge in [-0.2, -0.15) is 0 Å². The van der Waals surface area contributed by atoms with E-state index in [0.29, 0.717) is 28.1 Å². The summed E-state index contributed by atoms with van der Waals surface area (Å²) in [6, 6.07) is 15.1. The number of aromatic amines is 1. The van der Waals surface area contributed by atoms with Crippen LogP contribution in [0.15, 0.2) is 66.2 Å². The van der Waals surface area contributed by atoms with Crippen molar-refractivity contribution in [2.45, 2.75) is 13.0 Å². The average Bonchev–Trinajstić information content (AvgIpc) is 3.45. The van der Waals surface area contributed by atoms with Gasteiger partial charge in [0.1, 0.15) is 17.3 Å². The molecule has 0 spiro atoms. The quantitative estimate of drug-likeness (QED) is 0.198. The molecule has 38 heavy (non-hydrogen) atoms. The van der Waals surface area contributed by atoms with Gasteiger partial charge in [-0.1, -0.05) is 23.8 Å². The molecule has 0 saturated carbocycles. The minimum Gasteiger partial charge on any atom is -0.507 e. The number of methoxy groups -OCH3 is 2. The van der Waals surface area contributed by atoms with Crippen LogP contribution in [0, 0.1) is 6.92 Å². The summed E-state index contributed by atoms with van der Waals surface area (Å²) in [4.78, 5) is 47.0. The molecule has 4 aromatic rings. The van der Waals surface area contributed by atoms with Crippen LogP contribution >= 0.6 is 0 Å². The molecule has 1 amide bonds. The van der Waals surface area contributed by atoms with E-state index in [-0.39, 0.29) is 22.6 Å². The van der Waals surface area contributed by atoms with Crippen LogP contribution < -0.4 is 14.4 Å². The fraction of sp³-hybridized carbons (Fsp3) is 0.143. The molecule has 1 saturated heterocycles. The number of aliphatic hydroxyl groups is 1. The lowest BCUT2D eigenvalue weighted by Crippen LogP contribution is -2.30. The number of Topliss-reactive ketones (excluding diaryl/α,β-unsaturated/α-hetero) is 1. The van der Waals surface area contributed by atoms with Crippen LogP contribution in [0.1, 0.15) is 33.1 Å². The van der Waals surface area contributed by atoms with E-state index in [1.54, 1.807) is 42.5 Å². The van der Waals surface area contributed by atoms with Crippen LogP contribution in [0.5, 0.6) is 11.5 Å². The molecule has 1 unspecified atom stereocenters. The van der Waals surface area contributed by atoms with Crippen LogP contribution in [0.4, 0.5) is 5.95 Å². The number of aryl methyl sites for hydroxylation is 1. The summed E-state index contributed by atoms with van der Waals surface area (Å²) in [5, 5.41) is 20.8. The Morgan fingerprint density at radius 1 is 1.00 bits per heavy atom. The number of fused-ring (bicyclic) bond motifs is 1. The van der Waals surface area contributed by atoms with Gasteiger partial charge in [0.15, 0.2) is 0 Å². The van der Waals surface area contributed by atoms with Gasteiger partial charge in [0.05, 0.1) is 48.0 Å². The lowest BCUT2D eigenvalue weighted by molar-refractivity contribution is -0.132. The highest BCUT2D eigenvalue weighted by Crippen LogP contribution is 2.43. The van der Waals surface area contributed by atoms with Crippen molar-refractivity contribution >= 4 is 40.4 Å². The van der Waals surface area contributed by atoms with Gasteiger partial charge in [0, 0.05) is 0 Å². The molecule has 192 valence electrons. The van der Waals surface area contributed by atoms with Crippen molar-refractivity contribution in [2.75, 3.05) is 19.1 Å². The van der Waals surface area contributed by atoms with Gasteiger partial charge >= 0.3 is 11.9 Å². The lowest BCUT2D eigenvalue weighted by atomic mass is 9.94. The van der Waals surface area contributed by atoms with Crippen molar-refractivity contribution in [3.63, 3.8) is 0 Å². The fourth-order valence-corrected chi connectivity index (χ4v) is 4.57. The van der Waals surface area contributed by atoms with Crippen molar-refractivity contribution in [2.24, 2.45) is 0 Å². The zero-order valence-electron chi connectivity index (χ0n) is 20.7. The molecule has 3 N–H and O–H groups in total. The van der Waals surface area contributed by atoms with E-state index in [1.165, 1.54) is 32.4 Å². The zero-order valence-corrected chi connectivity index (χ0v) is 20.7. The van der Waals surface area contributed by atoms with Crippen LogP contribution in [0.2, 0.25) is 0 Å². The number of aromatic carboxylic acids is 1. The van der Waals surface area contributed by atoms with Gasteiger partial charge in [-0.05, 0) is 55.0 Å². The Morgan fingerprint density at radius 3 is 2.50 bits per heavy atom. The summed E-state index contributed by atoms with van der Waals surface area (Å²) < 4.78 is 10.8. The van der Waals surface area contributed by atoms with Crippen LogP contribution in [-0.2, 0) is 9.59 Å². The molecule has 3 aromatic carbocycles. The fourth-order valence-electron chi connectivity index (χ4n) is 4.57. The van der Waals surface area contributed by atoms with E-state index in [9.17, 15) is 24.6 Å². The second-order valence-electron chi connectivity index (χ2n) is 8.75. The second kappa shape index (κ2) is 9.40. The standard InChI is InChI=1S/C28H23N3O7/c1-14-7-10-21(38-3)18(11-14)24(32)22-23(15-5-4-6-17(12-15)37-2)31(26(34)25(22)33)28-29-19-9-8-16(27(35)36)13-20(19)30-28/h4-13,23,32H,1-3H3,(H,29,30)(H,35,36)/b24-22+. The van der Waals surface area contributed by atoms with Crippen molar-refractivity contribution in [3.05, 3.63) is 88.5 Å². The Kier molecular flexibility index (Phi) is 6.08. The number of carboxylic acids is 1. The van der Waals surface area contributed by atoms with Gasteiger partial charge in [-0.25, -0.2) is 9.78 Å². The molecule has 0 radical (unpaired) electrons. The summed E-state index contributed by atoms with van der Waals surface area (Å²) in [7, 11) is 2.94. The number of carbonyl (C=O) groups excluding carboxylic acids is 2. The van der Waals surface area contributed by atoms with E-state index in [0.717, 1.165) is 10.5 Å². The molecular formula is C28H23N3O7. The number of carbonyl (C=O) groups is 3. The first-order valence-corrected chi connectivity index (χ1v) is 11.6. The molecule has 2 heterocycles. The minimum atomic E-state index is -1.12. The molecule has 1 fully saturated rings. The number of hydrogen-bond acceptors (Lipinski definition) is 7. The summed E-state index contributed by atoms with van der Waals surface area (Å²) in [5.41, 5.74) is 2.20. The highest BCUT2D eigenvalue weighted by Gasteiger charge is 2.48. The predicted octanol–water partition coefficient (Wildman–Crippen LogP) is 4.21. The Hall–Kier alpha value is -5.12. The van der Waals surface area contributed by atoms with Gasteiger partial charge in [-0.15, -0.1) is 0 Å². The van der Waals surface area contributed by atoms with Crippen LogP contribution in [0.25, 0.3) is 16.8 Å². The van der Waals surface area contributed by atoms with Crippen molar-refractivity contribution in [1.82, 2.24) is 9.97 Å². The number of nitrogens with zero attached hydrogens (tertiary/aromatic N) is 2. The molecule has 0 aliphatic carbocycles. The molecular weight excluding hydrogens is 490 g/mol. The van der Waals surface area contributed by atoms with E-state index in [1.807, 2.05) is 6.92 Å². The third kappa shape index (κ3) is 4.01. The number of nitrogens with one attached hydrogen (secondary N) is 1. The Balaban J connectivity index is 1.76. The number of ketones is 1. The second-order valence-corrected chi connectivity index (χ2v) is 8.75. The molecule has 1 aliphatic heterocycles. The number of aliphatic hydroxyl groups excluding tert-OH is 1. The molecule has 1 aliphatic rings. The van der Waals surface area contributed by atoms with E-state index in [4.69, 9.17) is 9.47 Å². The van der Waals surface area contributed by atoms with E-state index in [2.05, 4.69) is 9.97 Å². The predicted molar refractivity (Wildman–Crippen MR) is 139 cm³/mol. The van der Waals surface area contributed by atoms with Crippen molar-refractivity contribution in [3.8, 4) is 11.5 Å². The maximum Gasteiger partial charge on any atom is 0.335 e. The topological polar surface area (TPSA) is 142 Å². The average molecular weight is 514 g/mol. The summed E-state index contributed by atoms with van der Waals surface area (Å²) in [6.07, 6.45) is 0. The number of anilines is 1. The Morgan fingerprint density at radius 2 is 1.79 bits per heavy atom. The first-order valence-electron chi connectivity index (χ1n) is 11.6. The number of amides is 1. The maximum atomic E-state index is 13.5. The van der Waals surface area contributed by atoms with Gasteiger partial charge in [0.2, 0.25) is 5.95 Å². The third-order valence-electron chi connectivity index (χ3n) is 6.41. The number of rotatable bonds is 6. The largest absolute Gasteiger partial charge is 0.507 e. The first-order chi connectivity index (χ1) is 18.2. The van der Waals surface area contributed by atoms with Crippen molar-refractivity contribution in [1.29, 1.82) is 0 Å². The zero-order chi connectivity index (χ0) is 27.1. The number of aromatic nitrogens is 2. The SMILES string of the molecule is COc1cccc(C2/C(=C(\O)c3cc(C)ccc3OC)C(=O)C(=O)N2c2nc3ccc(C(=O)O)cc3[nH]2)c1. The Labute approximate surface area is 216 Å².